The Morgan fingerprint density at radius 2 is 1.96 bits per heavy atom. The van der Waals surface area contributed by atoms with Crippen molar-refractivity contribution >= 4 is 17.5 Å². The molecule has 1 amide bonds. The van der Waals surface area contributed by atoms with Crippen LogP contribution < -0.4 is 10.2 Å². The second-order valence-corrected chi connectivity index (χ2v) is 5.42. The van der Waals surface area contributed by atoms with E-state index in [1.165, 1.54) is 25.3 Å². The zero-order valence-electron chi connectivity index (χ0n) is 14.0. The van der Waals surface area contributed by atoms with Crippen LogP contribution in [0.1, 0.15) is 11.1 Å². The predicted octanol–water partition coefficient (Wildman–Crippen LogP) is 4.09. The fourth-order valence-electron chi connectivity index (χ4n) is 2.34. The van der Waals surface area contributed by atoms with Gasteiger partial charge in [-0.3, -0.25) is 5.32 Å². The summed E-state index contributed by atoms with van der Waals surface area (Å²) in [5.74, 6) is 1.68. The molecule has 0 bridgehead atoms. The molecular formula is C19H18F2N2O2. The monoisotopic (exact) mass is 344 g/mol. The van der Waals surface area contributed by atoms with E-state index in [9.17, 15) is 13.6 Å². The van der Waals surface area contributed by atoms with Crippen LogP contribution in [0.4, 0.5) is 25.0 Å². The number of nitrogens with zero attached hydrogens (tertiary/aromatic N) is 1. The van der Waals surface area contributed by atoms with Crippen LogP contribution in [-0.4, -0.2) is 19.7 Å². The number of terminal acetylenes is 1. The molecule has 0 aromatic heterocycles. The normalized spacial score (nSPS) is 10.0. The summed E-state index contributed by atoms with van der Waals surface area (Å²) in [6, 6.07) is 9.07. The van der Waals surface area contributed by atoms with E-state index in [2.05, 4.69) is 16.0 Å². The molecule has 0 atom stereocenters. The SMILES string of the molecule is C#CCN(Cc1ccc(F)c(C)c1)c1ccc(F)c(NC(=O)OC)c1. The number of aryl methyl sites for hydroxylation is 1. The molecule has 0 saturated carbocycles. The molecule has 2 aromatic carbocycles. The van der Waals surface area contributed by atoms with E-state index in [1.54, 1.807) is 25.1 Å². The number of methoxy groups -OCH3 is 1. The maximum atomic E-state index is 13.9. The Morgan fingerprint density at radius 3 is 2.60 bits per heavy atom. The van der Waals surface area contributed by atoms with Crippen LogP contribution in [0, 0.1) is 30.9 Å². The number of benzene rings is 2. The number of rotatable bonds is 5. The van der Waals surface area contributed by atoms with Gasteiger partial charge in [-0.25, -0.2) is 13.6 Å². The molecule has 0 fully saturated rings. The minimum Gasteiger partial charge on any atom is -0.453 e. The molecule has 0 unspecified atom stereocenters. The van der Waals surface area contributed by atoms with E-state index in [0.717, 1.165) is 5.56 Å². The Labute approximate surface area is 145 Å². The van der Waals surface area contributed by atoms with Crippen LogP contribution >= 0.6 is 0 Å². The van der Waals surface area contributed by atoms with Gasteiger partial charge in [-0.1, -0.05) is 18.1 Å². The molecular weight excluding hydrogens is 326 g/mol. The van der Waals surface area contributed by atoms with Crippen LogP contribution in [0.5, 0.6) is 0 Å². The van der Waals surface area contributed by atoms with Gasteiger partial charge in [0.1, 0.15) is 11.6 Å². The van der Waals surface area contributed by atoms with Crippen LogP contribution in [0.25, 0.3) is 0 Å². The molecule has 130 valence electrons. The fraction of sp³-hybridized carbons (Fsp3) is 0.211. The van der Waals surface area contributed by atoms with Gasteiger partial charge in [-0.2, -0.15) is 0 Å². The first kappa shape index (κ1) is 18.3. The first-order valence-electron chi connectivity index (χ1n) is 7.52. The van der Waals surface area contributed by atoms with Crippen LogP contribution in [0.2, 0.25) is 0 Å². The molecule has 0 aliphatic rings. The first-order chi connectivity index (χ1) is 11.9. The maximum Gasteiger partial charge on any atom is 0.411 e. The smallest absolute Gasteiger partial charge is 0.411 e. The minimum atomic E-state index is -0.770. The molecule has 2 aromatic rings. The van der Waals surface area contributed by atoms with Gasteiger partial charge in [-0.05, 0) is 42.3 Å². The summed E-state index contributed by atoms with van der Waals surface area (Å²) < 4.78 is 31.8. The summed E-state index contributed by atoms with van der Waals surface area (Å²) in [5, 5.41) is 2.31. The van der Waals surface area contributed by atoms with Gasteiger partial charge in [-0.15, -0.1) is 6.42 Å². The van der Waals surface area contributed by atoms with E-state index in [0.29, 0.717) is 17.8 Å². The van der Waals surface area contributed by atoms with Crippen molar-refractivity contribution in [1.29, 1.82) is 0 Å². The average Bonchev–Trinajstić information content (AvgIpc) is 2.59. The number of amides is 1. The second-order valence-electron chi connectivity index (χ2n) is 5.42. The molecule has 0 spiro atoms. The lowest BCUT2D eigenvalue weighted by molar-refractivity contribution is 0.187. The van der Waals surface area contributed by atoms with Gasteiger partial charge in [0.25, 0.3) is 0 Å². The average molecular weight is 344 g/mol. The Morgan fingerprint density at radius 1 is 1.24 bits per heavy atom. The summed E-state index contributed by atoms with van der Waals surface area (Å²) in [6.07, 6.45) is 4.66. The third-order valence-corrected chi connectivity index (χ3v) is 3.62. The number of carbonyl (C=O) groups is 1. The lowest BCUT2D eigenvalue weighted by atomic mass is 10.1. The zero-order chi connectivity index (χ0) is 18.4. The first-order valence-corrected chi connectivity index (χ1v) is 7.52. The Balaban J connectivity index is 2.30. The van der Waals surface area contributed by atoms with Crippen molar-refractivity contribution in [2.24, 2.45) is 0 Å². The van der Waals surface area contributed by atoms with Crippen molar-refractivity contribution < 1.29 is 18.3 Å². The number of halogens is 2. The van der Waals surface area contributed by atoms with Crippen LogP contribution in [0.3, 0.4) is 0 Å². The van der Waals surface area contributed by atoms with E-state index >= 15 is 0 Å². The number of carbonyl (C=O) groups excluding carboxylic acids is 1. The number of ether oxygens (including phenoxy) is 1. The van der Waals surface area contributed by atoms with Gasteiger partial charge in [0, 0.05) is 12.2 Å². The van der Waals surface area contributed by atoms with Crippen molar-refractivity contribution in [2.45, 2.75) is 13.5 Å². The third-order valence-electron chi connectivity index (χ3n) is 3.62. The summed E-state index contributed by atoms with van der Waals surface area (Å²) >= 11 is 0. The Bertz CT molecular complexity index is 816. The molecule has 0 aliphatic carbocycles. The molecule has 0 aliphatic heterocycles. The van der Waals surface area contributed by atoms with Crippen molar-refractivity contribution in [1.82, 2.24) is 0 Å². The van der Waals surface area contributed by atoms with Gasteiger partial charge in [0.05, 0.1) is 19.3 Å². The van der Waals surface area contributed by atoms with Gasteiger partial charge in [0.2, 0.25) is 0 Å². The van der Waals surface area contributed by atoms with Crippen LogP contribution in [0.15, 0.2) is 36.4 Å². The molecule has 4 nitrogen and oxygen atoms in total. The number of nitrogens with one attached hydrogen (secondary N) is 1. The molecule has 2 rings (SSSR count). The third kappa shape index (κ3) is 4.70. The molecule has 0 saturated heterocycles. The highest BCUT2D eigenvalue weighted by Gasteiger charge is 2.13. The number of anilines is 2. The lowest BCUT2D eigenvalue weighted by Crippen LogP contribution is -2.23. The number of hydrogen-bond acceptors (Lipinski definition) is 3. The van der Waals surface area contributed by atoms with Crippen molar-refractivity contribution in [3.05, 3.63) is 59.2 Å². The highest BCUT2D eigenvalue weighted by atomic mass is 19.1. The minimum absolute atomic E-state index is 0.0124. The second kappa shape index (κ2) is 8.15. The molecule has 0 radical (unpaired) electrons. The maximum absolute atomic E-state index is 13.9. The van der Waals surface area contributed by atoms with Crippen molar-refractivity contribution in [3.63, 3.8) is 0 Å². The largest absolute Gasteiger partial charge is 0.453 e. The van der Waals surface area contributed by atoms with Crippen LogP contribution in [-0.2, 0) is 11.3 Å². The van der Waals surface area contributed by atoms with Gasteiger partial charge in [0.15, 0.2) is 0 Å². The number of hydrogen-bond donors (Lipinski definition) is 1. The predicted molar refractivity (Wildman–Crippen MR) is 93.4 cm³/mol. The highest BCUT2D eigenvalue weighted by Crippen LogP contribution is 2.24. The standard InChI is InChI=1S/C19H18F2N2O2/c1-4-9-23(12-14-5-7-16(20)13(2)10-14)15-6-8-17(21)18(11-15)22-19(24)25-3/h1,5-8,10-11H,9,12H2,2-3H3,(H,22,24). The van der Waals surface area contributed by atoms with Crippen molar-refractivity contribution in [2.75, 3.05) is 23.9 Å². The summed E-state index contributed by atoms with van der Waals surface area (Å²) in [7, 11) is 1.19. The topological polar surface area (TPSA) is 41.6 Å². The molecule has 6 heteroatoms. The molecule has 25 heavy (non-hydrogen) atoms. The summed E-state index contributed by atoms with van der Waals surface area (Å²) in [5.41, 5.74) is 2.00. The van der Waals surface area contributed by atoms with Gasteiger partial charge >= 0.3 is 6.09 Å². The van der Waals surface area contributed by atoms with Crippen molar-refractivity contribution in [3.8, 4) is 12.3 Å². The summed E-state index contributed by atoms with van der Waals surface area (Å²) in [4.78, 5) is 13.1. The Kier molecular flexibility index (Phi) is 5.96. The fourth-order valence-corrected chi connectivity index (χ4v) is 2.34. The summed E-state index contributed by atoms with van der Waals surface area (Å²) in [6.45, 7) is 2.36. The lowest BCUT2D eigenvalue weighted by Gasteiger charge is -2.23. The Hall–Kier alpha value is -3.07. The van der Waals surface area contributed by atoms with E-state index in [-0.39, 0.29) is 18.0 Å². The highest BCUT2D eigenvalue weighted by molar-refractivity contribution is 5.85. The van der Waals surface area contributed by atoms with E-state index < -0.39 is 11.9 Å². The van der Waals surface area contributed by atoms with Gasteiger partial charge < -0.3 is 9.64 Å². The van der Waals surface area contributed by atoms with E-state index in [1.807, 2.05) is 4.90 Å². The quantitative estimate of drug-likeness (QED) is 0.831. The molecule has 0 heterocycles. The van der Waals surface area contributed by atoms with E-state index in [4.69, 9.17) is 6.42 Å². The molecule has 1 N–H and O–H groups in total. The zero-order valence-corrected chi connectivity index (χ0v) is 14.0.